The summed E-state index contributed by atoms with van der Waals surface area (Å²) in [5.74, 6) is 0. The molecule has 0 aromatic heterocycles. The molecular weight excluding hydrogens is 773 g/mol. The fourth-order valence-corrected chi connectivity index (χ4v) is 10.1. The summed E-state index contributed by atoms with van der Waals surface area (Å²) in [6.07, 6.45) is 0. The van der Waals surface area contributed by atoms with Crippen molar-refractivity contribution in [2.45, 2.75) is 80.1 Å². The van der Waals surface area contributed by atoms with E-state index in [2.05, 4.69) is 254 Å². The Balaban J connectivity index is 1.36. The number of hydrogen-bond donors (Lipinski definition) is 0. The molecule has 0 saturated carbocycles. The van der Waals surface area contributed by atoms with Crippen LogP contribution in [0.1, 0.15) is 74.9 Å². The van der Waals surface area contributed by atoms with Gasteiger partial charge in [-0.3, -0.25) is 0 Å². The first-order chi connectivity index (χ1) is 30.7. The lowest BCUT2D eigenvalue weighted by molar-refractivity contribution is 0.590. The minimum absolute atomic E-state index is 0.00582. The summed E-state index contributed by atoms with van der Waals surface area (Å²) in [6.45, 7) is 22.7. The minimum Gasteiger partial charge on any atom is -0.311 e. The van der Waals surface area contributed by atoms with E-state index >= 15 is 0 Å². The van der Waals surface area contributed by atoms with Crippen molar-refractivity contribution in [3.63, 3.8) is 0 Å². The van der Waals surface area contributed by atoms with Gasteiger partial charge >= 0.3 is 0 Å². The third-order valence-corrected chi connectivity index (χ3v) is 13.4. The minimum atomic E-state index is -0.0399. The summed E-state index contributed by atoms with van der Waals surface area (Å²) >= 11 is 0. The van der Waals surface area contributed by atoms with Gasteiger partial charge in [0.25, 0.3) is 6.71 Å². The van der Waals surface area contributed by atoms with Crippen LogP contribution >= 0.6 is 0 Å². The third kappa shape index (κ3) is 7.10. The molecule has 64 heavy (non-hydrogen) atoms. The predicted octanol–water partition coefficient (Wildman–Crippen LogP) is 14.7. The van der Waals surface area contributed by atoms with Gasteiger partial charge in [0.2, 0.25) is 0 Å². The second-order valence-electron chi connectivity index (χ2n) is 20.2. The summed E-state index contributed by atoms with van der Waals surface area (Å²) < 4.78 is 0. The van der Waals surface area contributed by atoms with Gasteiger partial charge < -0.3 is 14.7 Å². The summed E-state index contributed by atoms with van der Waals surface area (Å²) in [5.41, 5.74) is 24.4. The molecule has 0 bridgehead atoms. The Kier molecular flexibility index (Phi) is 9.98. The molecule has 2 aliphatic heterocycles. The van der Waals surface area contributed by atoms with E-state index in [0.29, 0.717) is 0 Å². The van der Waals surface area contributed by atoms with Gasteiger partial charge in [0.15, 0.2) is 0 Å². The zero-order chi connectivity index (χ0) is 44.7. The lowest BCUT2D eigenvalue weighted by Gasteiger charge is -2.45. The smallest absolute Gasteiger partial charge is 0.252 e. The summed E-state index contributed by atoms with van der Waals surface area (Å²) in [5, 5.41) is 0. The van der Waals surface area contributed by atoms with Crippen LogP contribution < -0.4 is 31.1 Å². The Bertz CT molecular complexity index is 3060. The molecule has 2 aliphatic rings. The molecule has 0 radical (unpaired) electrons. The van der Waals surface area contributed by atoms with E-state index in [-0.39, 0.29) is 17.5 Å². The zero-order valence-corrected chi connectivity index (χ0v) is 39.1. The van der Waals surface area contributed by atoms with Crippen LogP contribution in [0.25, 0.3) is 11.1 Å². The van der Waals surface area contributed by atoms with E-state index in [0.717, 1.165) is 28.4 Å². The molecule has 0 fully saturated rings. The molecular formula is C60H58BN3. The first-order valence-electron chi connectivity index (χ1n) is 22.9. The highest BCUT2D eigenvalue weighted by Gasteiger charge is 2.45. The van der Waals surface area contributed by atoms with Gasteiger partial charge in [0.05, 0.1) is 11.4 Å². The fourth-order valence-electron chi connectivity index (χ4n) is 10.1. The number of aryl methyl sites for hydroxylation is 4. The Morgan fingerprint density at radius 2 is 0.984 bits per heavy atom. The van der Waals surface area contributed by atoms with Crippen LogP contribution in [-0.4, -0.2) is 6.71 Å². The van der Waals surface area contributed by atoms with Gasteiger partial charge in [-0.05, 0) is 138 Å². The maximum absolute atomic E-state index is 2.58. The van der Waals surface area contributed by atoms with Crippen molar-refractivity contribution in [1.82, 2.24) is 0 Å². The number of para-hydroxylation sites is 1. The second-order valence-corrected chi connectivity index (χ2v) is 20.2. The molecule has 0 atom stereocenters. The summed E-state index contributed by atoms with van der Waals surface area (Å²) in [4.78, 5) is 7.61. The van der Waals surface area contributed by atoms with Crippen molar-refractivity contribution in [1.29, 1.82) is 0 Å². The normalized spacial score (nSPS) is 13.1. The van der Waals surface area contributed by atoms with Crippen molar-refractivity contribution in [3.8, 4) is 11.1 Å². The highest BCUT2D eigenvalue weighted by atomic mass is 15.2. The number of rotatable bonds is 6. The number of fused-ring (bicyclic) bond motifs is 4. The van der Waals surface area contributed by atoms with Gasteiger partial charge in [0.1, 0.15) is 0 Å². The van der Waals surface area contributed by atoms with E-state index in [1.165, 1.54) is 83.6 Å². The molecule has 0 amide bonds. The van der Waals surface area contributed by atoms with Crippen LogP contribution in [0.3, 0.4) is 0 Å². The molecule has 8 aromatic rings. The van der Waals surface area contributed by atoms with Gasteiger partial charge in [-0.25, -0.2) is 0 Å². The Morgan fingerprint density at radius 3 is 1.67 bits per heavy atom. The Labute approximate surface area is 381 Å². The van der Waals surface area contributed by atoms with Gasteiger partial charge in [0, 0.05) is 45.4 Å². The van der Waals surface area contributed by atoms with E-state index in [1.54, 1.807) is 0 Å². The first kappa shape index (κ1) is 41.2. The van der Waals surface area contributed by atoms with Gasteiger partial charge in [-0.1, -0.05) is 167 Å². The fraction of sp³-hybridized carbons (Fsp3) is 0.200. The van der Waals surface area contributed by atoms with E-state index in [1.807, 2.05) is 0 Å². The van der Waals surface area contributed by atoms with Crippen molar-refractivity contribution >= 4 is 74.3 Å². The molecule has 8 aromatic carbocycles. The van der Waals surface area contributed by atoms with Gasteiger partial charge in [-0.2, -0.15) is 0 Å². The van der Waals surface area contributed by atoms with E-state index in [9.17, 15) is 0 Å². The highest BCUT2D eigenvalue weighted by Crippen LogP contribution is 2.50. The number of hydrogen-bond acceptors (Lipinski definition) is 3. The molecule has 4 heteroatoms. The third-order valence-electron chi connectivity index (χ3n) is 13.4. The molecule has 10 rings (SSSR count). The second kappa shape index (κ2) is 15.5. The van der Waals surface area contributed by atoms with Crippen LogP contribution in [0.5, 0.6) is 0 Å². The van der Waals surface area contributed by atoms with E-state index in [4.69, 9.17) is 0 Å². The molecule has 0 N–H and O–H groups in total. The molecule has 0 saturated heterocycles. The largest absolute Gasteiger partial charge is 0.311 e. The van der Waals surface area contributed by atoms with E-state index < -0.39 is 0 Å². The molecule has 0 spiro atoms. The average Bonchev–Trinajstić information content (AvgIpc) is 3.27. The van der Waals surface area contributed by atoms with Crippen LogP contribution in [-0.2, 0) is 10.8 Å². The SMILES string of the molecule is Cc1ccc(N2c3ccc(C)cc3B3c4cc(C(C)(C)C)ccc4N(c4ccccc4-c4ccccc4)c4cc(N(c5ccc(C(C)(C)C)cc5)c5ccc(C)cc5C)cc2c43)cc1. The Morgan fingerprint density at radius 1 is 0.422 bits per heavy atom. The van der Waals surface area contributed by atoms with Crippen molar-refractivity contribution in [2.24, 2.45) is 0 Å². The number of benzene rings is 8. The van der Waals surface area contributed by atoms with Crippen molar-refractivity contribution in [2.75, 3.05) is 14.7 Å². The lowest BCUT2D eigenvalue weighted by Crippen LogP contribution is -2.61. The van der Waals surface area contributed by atoms with Crippen LogP contribution in [0.2, 0.25) is 0 Å². The average molecular weight is 832 g/mol. The zero-order valence-electron chi connectivity index (χ0n) is 39.1. The van der Waals surface area contributed by atoms with Crippen molar-refractivity contribution in [3.05, 3.63) is 203 Å². The molecule has 2 heterocycles. The maximum Gasteiger partial charge on any atom is 0.252 e. The lowest BCUT2D eigenvalue weighted by atomic mass is 9.33. The molecule has 316 valence electrons. The number of nitrogens with zero attached hydrogens (tertiary/aromatic N) is 3. The van der Waals surface area contributed by atoms with Crippen LogP contribution in [0.15, 0.2) is 170 Å². The Hall–Kier alpha value is -6.78. The monoisotopic (exact) mass is 831 g/mol. The standard InChI is InChI=1S/C60H58BN3/c1-39-20-27-47(28-21-39)63-54-32-23-41(3)35-50(54)61-51-36-45(60(8,9)10)26-33-55(51)64(53-19-15-14-18-49(53)43-16-12-11-13-17-43)57-38-48(37-56(63)58(57)61)62(52-31-22-40(2)34-42(52)4)46-29-24-44(25-30-46)59(5,6)7/h11-38H,1-10H3. The number of anilines is 9. The topological polar surface area (TPSA) is 9.72 Å². The molecule has 3 nitrogen and oxygen atoms in total. The first-order valence-corrected chi connectivity index (χ1v) is 22.9. The quantitative estimate of drug-likeness (QED) is 0.155. The molecule has 0 aliphatic carbocycles. The van der Waals surface area contributed by atoms with Crippen molar-refractivity contribution < 1.29 is 0 Å². The summed E-state index contributed by atoms with van der Waals surface area (Å²) in [6, 6.07) is 64.4. The van der Waals surface area contributed by atoms with Gasteiger partial charge in [-0.15, -0.1) is 0 Å². The molecule has 0 unspecified atom stereocenters. The maximum atomic E-state index is 2.58. The van der Waals surface area contributed by atoms with Crippen LogP contribution in [0.4, 0.5) is 51.2 Å². The predicted molar refractivity (Wildman–Crippen MR) is 277 cm³/mol. The highest BCUT2D eigenvalue weighted by molar-refractivity contribution is 7.00. The summed E-state index contributed by atoms with van der Waals surface area (Å²) in [7, 11) is 0. The van der Waals surface area contributed by atoms with Crippen LogP contribution in [0, 0.1) is 27.7 Å².